The van der Waals surface area contributed by atoms with Crippen LogP contribution in [-0.4, -0.2) is 21.6 Å². The molecule has 2 aromatic rings. The second kappa shape index (κ2) is 6.23. The van der Waals surface area contributed by atoms with E-state index in [1.165, 1.54) is 19.3 Å². The van der Waals surface area contributed by atoms with Crippen LogP contribution in [0.4, 0.5) is 5.82 Å². The van der Waals surface area contributed by atoms with Crippen LogP contribution in [0, 0.1) is 0 Å². The second-order valence-electron chi connectivity index (χ2n) is 7.08. The average Bonchev–Trinajstić information content (AvgIpc) is 3.25. The molecule has 26 heavy (non-hydrogen) atoms. The van der Waals surface area contributed by atoms with Gasteiger partial charge in [0.1, 0.15) is 0 Å². The first-order valence-corrected chi connectivity index (χ1v) is 10.0. The van der Waals surface area contributed by atoms with Crippen molar-refractivity contribution in [2.24, 2.45) is 4.99 Å². The quantitative estimate of drug-likeness (QED) is 0.855. The van der Waals surface area contributed by atoms with Crippen LogP contribution >= 0.6 is 11.8 Å². The maximum absolute atomic E-state index is 12.8. The van der Waals surface area contributed by atoms with Crippen LogP contribution in [0.25, 0.3) is 0 Å². The maximum Gasteiger partial charge on any atom is 0.271 e. The van der Waals surface area contributed by atoms with E-state index in [1.807, 2.05) is 29.8 Å². The predicted octanol–water partition coefficient (Wildman–Crippen LogP) is 4.30. The molecule has 1 aromatic carbocycles. The lowest BCUT2D eigenvalue weighted by Crippen LogP contribution is -2.16. The molecule has 1 aliphatic carbocycles. The zero-order valence-corrected chi connectivity index (χ0v) is 15.5. The molecule has 0 saturated heterocycles. The normalized spacial score (nSPS) is 22.2. The van der Waals surface area contributed by atoms with E-state index >= 15 is 0 Å². The van der Waals surface area contributed by atoms with Gasteiger partial charge in [0, 0.05) is 0 Å². The highest BCUT2D eigenvalue weighted by molar-refractivity contribution is 8.14. The number of rotatable bonds is 2. The van der Waals surface area contributed by atoms with E-state index in [2.05, 4.69) is 5.10 Å². The smallest absolute Gasteiger partial charge is 0.271 e. The van der Waals surface area contributed by atoms with Crippen molar-refractivity contribution in [1.29, 1.82) is 0 Å². The molecule has 1 fully saturated rings. The largest absolute Gasteiger partial charge is 0.454 e. The Morgan fingerprint density at radius 1 is 1.19 bits per heavy atom. The van der Waals surface area contributed by atoms with Gasteiger partial charge in [0.05, 0.1) is 21.9 Å². The summed E-state index contributed by atoms with van der Waals surface area (Å²) in [5, 5.41) is 3.98. The van der Waals surface area contributed by atoms with Gasteiger partial charge >= 0.3 is 0 Å². The molecule has 1 atom stereocenters. The lowest BCUT2D eigenvalue weighted by Gasteiger charge is -2.26. The van der Waals surface area contributed by atoms with Crippen LogP contribution in [0.1, 0.15) is 61.4 Å². The van der Waals surface area contributed by atoms with E-state index in [0.717, 1.165) is 46.3 Å². The predicted molar refractivity (Wildman–Crippen MR) is 102 cm³/mol. The highest BCUT2D eigenvalue weighted by Crippen LogP contribution is 2.47. The molecule has 0 unspecified atom stereocenters. The number of ether oxygens (including phenoxy) is 2. The van der Waals surface area contributed by atoms with Crippen molar-refractivity contribution in [3.63, 3.8) is 0 Å². The summed E-state index contributed by atoms with van der Waals surface area (Å²) in [6.07, 6.45) is 5.91. The molecule has 3 heterocycles. The molecule has 5 rings (SSSR count). The standard InChI is InChI=1S/C19H21N3O3S/c1-11-20-18-16(19(23)21-22(18)13-5-3-2-4-6-13)17(26-11)12-7-8-14-15(9-12)25-10-24-14/h7-9,13,17H,2-6,10H2,1H3,(H,21,23)/t17-/m0/s1. The van der Waals surface area contributed by atoms with Crippen LogP contribution in [0.15, 0.2) is 28.0 Å². The number of hydrogen-bond acceptors (Lipinski definition) is 5. The molecule has 1 saturated carbocycles. The number of hydrogen-bond donors (Lipinski definition) is 1. The third kappa shape index (κ3) is 2.57. The first-order chi connectivity index (χ1) is 12.7. The van der Waals surface area contributed by atoms with Gasteiger partial charge in [-0.15, -0.1) is 0 Å². The summed E-state index contributed by atoms with van der Waals surface area (Å²) < 4.78 is 13.0. The number of aliphatic imine (C=N–C) groups is 1. The molecule has 6 nitrogen and oxygen atoms in total. The van der Waals surface area contributed by atoms with Crippen LogP contribution in [0.5, 0.6) is 11.5 Å². The van der Waals surface area contributed by atoms with E-state index in [1.54, 1.807) is 11.8 Å². The summed E-state index contributed by atoms with van der Waals surface area (Å²) >= 11 is 1.62. The van der Waals surface area contributed by atoms with Crippen LogP contribution in [0.2, 0.25) is 0 Å². The molecule has 136 valence electrons. The van der Waals surface area contributed by atoms with E-state index < -0.39 is 0 Å². The molecule has 3 aliphatic rings. The summed E-state index contributed by atoms with van der Waals surface area (Å²) in [5.74, 6) is 2.31. The Morgan fingerprint density at radius 3 is 2.85 bits per heavy atom. The lowest BCUT2D eigenvalue weighted by molar-refractivity contribution is 0.174. The zero-order chi connectivity index (χ0) is 17.7. The number of benzene rings is 1. The van der Waals surface area contributed by atoms with Crippen molar-refractivity contribution in [2.75, 3.05) is 6.79 Å². The fraction of sp³-hybridized carbons (Fsp3) is 0.474. The van der Waals surface area contributed by atoms with E-state index in [0.29, 0.717) is 6.04 Å². The Kier molecular flexibility index (Phi) is 3.85. The molecular weight excluding hydrogens is 350 g/mol. The zero-order valence-electron chi connectivity index (χ0n) is 14.7. The van der Waals surface area contributed by atoms with Gasteiger partial charge in [-0.1, -0.05) is 37.1 Å². The maximum atomic E-state index is 12.8. The van der Waals surface area contributed by atoms with Crippen molar-refractivity contribution < 1.29 is 9.47 Å². The van der Waals surface area contributed by atoms with Gasteiger partial charge < -0.3 is 9.47 Å². The van der Waals surface area contributed by atoms with Crippen molar-refractivity contribution in [3.8, 4) is 11.5 Å². The molecule has 0 radical (unpaired) electrons. The van der Waals surface area contributed by atoms with Crippen LogP contribution < -0.4 is 15.0 Å². The van der Waals surface area contributed by atoms with E-state index in [-0.39, 0.29) is 17.6 Å². The van der Waals surface area contributed by atoms with Gasteiger partial charge in [-0.2, -0.15) is 0 Å². The van der Waals surface area contributed by atoms with Crippen molar-refractivity contribution >= 4 is 22.6 Å². The molecule has 7 heteroatoms. The number of fused-ring (bicyclic) bond motifs is 2. The minimum absolute atomic E-state index is 0.0306. The van der Waals surface area contributed by atoms with Crippen LogP contribution in [-0.2, 0) is 0 Å². The number of nitrogens with zero attached hydrogens (tertiary/aromatic N) is 2. The Labute approximate surface area is 155 Å². The number of aromatic amines is 1. The fourth-order valence-electron chi connectivity index (χ4n) is 4.12. The number of nitrogens with one attached hydrogen (secondary N) is 1. The Morgan fingerprint density at radius 2 is 2.00 bits per heavy atom. The van der Waals surface area contributed by atoms with Crippen molar-refractivity contribution in [3.05, 3.63) is 39.7 Å². The highest BCUT2D eigenvalue weighted by Gasteiger charge is 2.33. The average molecular weight is 371 g/mol. The summed E-state index contributed by atoms with van der Waals surface area (Å²) in [7, 11) is 0. The number of H-pyrrole nitrogens is 1. The van der Waals surface area contributed by atoms with E-state index in [4.69, 9.17) is 14.5 Å². The number of aromatic nitrogens is 2. The SMILES string of the molecule is CC1=Nc2c(c(=O)[nH]n2C2CCCCC2)[C@H](c2ccc3c(c2)OCO3)S1. The highest BCUT2D eigenvalue weighted by atomic mass is 32.2. The molecule has 1 N–H and O–H groups in total. The van der Waals surface area contributed by atoms with Gasteiger partial charge in [-0.05, 0) is 37.5 Å². The van der Waals surface area contributed by atoms with Crippen molar-refractivity contribution in [2.45, 2.75) is 50.3 Å². The third-order valence-electron chi connectivity index (χ3n) is 5.39. The van der Waals surface area contributed by atoms with Gasteiger partial charge in [0.25, 0.3) is 5.56 Å². The monoisotopic (exact) mass is 371 g/mol. The first kappa shape index (κ1) is 16.1. The molecule has 0 spiro atoms. The Hall–Kier alpha value is -2.15. The van der Waals surface area contributed by atoms with Gasteiger partial charge in [-0.25, -0.2) is 4.99 Å². The first-order valence-electron chi connectivity index (χ1n) is 9.16. The van der Waals surface area contributed by atoms with Gasteiger partial charge in [0.15, 0.2) is 17.3 Å². The summed E-state index contributed by atoms with van der Waals surface area (Å²) in [4.78, 5) is 17.6. The molecule has 0 amide bonds. The lowest BCUT2D eigenvalue weighted by atomic mass is 9.95. The van der Waals surface area contributed by atoms with E-state index in [9.17, 15) is 4.79 Å². The third-order valence-corrected chi connectivity index (χ3v) is 6.56. The summed E-state index contributed by atoms with van der Waals surface area (Å²) in [6, 6.07) is 6.27. The molecule has 1 aromatic heterocycles. The fourth-order valence-corrected chi connectivity index (χ4v) is 5.22. The minimum Gasteiger partial charge on any atom is -0.454 e. The van der Waals surface area contributed by atoms with Gasteiger partial charge in [-0.3, -0.25) is 14.6 Å². The molecular formula is C19H21N3O3S. The summed E-state index contributed by atoms with van der Waals surface area (Å²) in [6.45, 7) is 2.26. The van der Waals surface area contributed by atoms with Crippen molar-refractivity contribution in [1.82, 2.24) is 9.78 Å². The minimum atomic E-state index is -0.0782. The summed E-state index contributed by atoms with van der Waals surface area (Å²) in [5.41, 5.74) is 1.77. The Balaban J connectivity index is 1.60. The molecule has 0 bridgehead atoms. The van der Waals surface area contributed by atoms with Gasteiger partial charge in [0.2, 0.25) is 6.79 Å². The van der Waals surface area contributed by atoms with Crippen LogP contribution in [0.3, 0.4) is 0 Å². The Bertz CT molecular complexity index is 940. The second-order valence-corrected chi connectivity index (χ2v) is 8.38. The topological polar surface area (TPSA) is 68.6 Å². The molecule has 2 aliphatic heterocycles. The number of thioether (sulfide) groups is 1.